The molecule has 14 nitrogen and oxygen atoms in total. The largest absolute Gasteiger partial charge is 0.497 e. The van der Waals surface area contributed by atoms with Crippen LogP contribution >= 0.6 is 23.2 Å². The van der Waals surface area contributed by atoms with Crippen LogP contribution in [-0.2, 0) is 25.2 Å². The van der Waals surface area contributed by atoms with Crippen LogP contribution in [0.25, 0.3) is 32.7 Å². The van der Waals surface area contributed by atoms with E-state index in [0.29, 0.717) is 61.9 Å². The maximum Gasteiger partial charge on any atom is 0.165 e. The summed E-state index contributed by atoms with van der Waals surface area (Å²) in [4.78, 5) is 45.5. The number of ether oxygens (including phenoxy) is 4. The number of carbonyl (C=O) groups excluding carboxylic acids is 3. The number of carbonyl (C=O) groups is 3. The van der Waals surface area contributed by atoms with Crippen molar-refractivity contribution in [2.45, 2.75) is 216 Å². The van der Waals surface area contributed by atoms with Crippen LogP contribution in [0.2, 0.25) is 10.0 Å². The Hall–Kier alpha value is -7.50. The van der Waals surface area contributed by atoms with Crippen molar-refractivity contribution in [3.05, 3.63) is 190 Å². The minimum Gasteiger partial charge on any atom is -0.497 e. The maximum atomic E-state index is 13.3. The first-order valence-corrected chi connectivity index (χ1v) is 37.9. The Balaban J connectivity index is 0.000000136. The van der Waals surface area contributed by atoms with E-state index in [0.717, 1.165) is 198 Å². The number of nitrogens with zero attached hydrogens (tertiary/aromatic N) is 6. The third-order valence-corrected chi connectivity index (χ3v) is 23.2. The van der Waals surface area contributed by atoms with Gasteiger partial charge in [0.2, 0.25) is 0 Å². The average molecular weight is 1410 g/mol. The molecule has 6 unspecified atom stereocenters. The highest BCUT2D eigenvalue weighted by molar-refractivity contribution is 6.30. The fourth-order valence-corrected chi connectivity index (χ4v) is 18.0. The lowest BCUT2D eigenvalue weighted by molar-refractivity contribution is -0.0572. The molecule has 534 valence electrons. The number of aliphatic hydroxyl groups is 1. The number of aryl methyl sites for hydroxylation is 3. The molecule has 6 atom stereocenters. The Kier molecular flexibility index (Phi) is 23.1. The van der Waals surface area contributed by atoms with Crippen molar-refractivity contribution in [1.29, 1.82) is 0 Å². The topological polar surface area (TPSA) is 133 Å². The van der Waals surface area contributed by atoms with Gasteiger partial charge in [0.05, 0.1) is 25.3 Å². The van der Waals surface area contributed by atoms with E-state index in [1.54, 1.807) is 33.3 Å². The first-order chi connectivity index (χ1) is 49.0. The van der Waals surface area contributed by atoms with E-state index in [1.165, 1.54) is 37.8 Å². The highest BCUT2D eigenvalue weighted by atomic mass is 35.5. The highest BCUT2D eigenvalue weighted by Crippen LogP contribution is 2.46. The Bertz CT molecular complexity index is 4280. The molecular formula is C84H99Cl2FN6O8. The van der Waals surface area contributed by atoms with E-state index in [-0.39, 0.29) is 35.4 Å². The van der Waals surface area contributed by atoms with Gasteiger partial charge in [-0.15, -0.1) is 0 Å². The second-order valence-electron chi connectivity index (χ2n) is 29.1. The second kappa shape index (κ2) is 32.4. The number of para-hydroxylation sites is 1. The number of ketones is 3. The predicted molar refractivity (Wildman–Crippen MR) is 402 cm³/mol. The van der Waals surface area contributed by atoms with Crippen molar-refractivity contribution in [2.75, 3.05) is 33.9 Å². The number of Topliss-reactive ketones (excluding diaryl/α,β-unsaturated/α-hetero) is 3. The molecule has 0 amide bonds. The van der Waals surface area contributed by atoms with Crippen molar-refractivity contribution in [2.24, 2.45) is 0 Å². The van der Waals surface area contributed by atoms with E-state index < -0.39 is 5.60 Å². The van der Waals surface area contributed by atoms with Crippen molar-refractivity contribution < 1.29 is 42.8 Å². The van der Waals surface area contributed by atoms with Gasteiger partial charge in [-0.1, -0.05) is 73.8 Å². The average Bonchev–Trinajstić information content (AvgIpc) is 1.69. The highest BCUT2D eigenvalue weighted by Gasteiger charge is 2.48. The van der Waals surface area contributed by atoms with Crippen LogP contribution in [0.1, 0.15) is 179 Å². The fourth-order valence-electron chi connectivity index (χ4n) is 17.7. The number of halogens is 3. The number of fused-ring (bicyclic) bond motifs is 9. The lowest BCUT2D eigenvalue weighted by Gasteiger charge is -2.44. The summed E-state index contributed by atoms with van der Waals surface area (Å²) >= 11 is 12.0. The van der Waals surface area contributed by atoms with Crippen LogP contribution in [0.4, 0.5) is 4.39 Å². The zero-order valence-corrected chi connectivity index (χ0v) is 60.9. The lowest BCUT2D eigenvalue weighted by Crippen LogP contribution is -2.49. The Labute approximate surface area is 604 Å². The molecule has 6 bridgehead atoms. The van der Waals surface area contributed by atoms with Crippen LogP contribution in [-0.4, -0.2) is 133 Å². The molecular weight excluding hydrogens is 1310 g/mol. The van der Waals surface area contributed by atoms with Gasteiger partial charge in [0.25, 0.3) is 0 Å². The number of hydrogen-bond acceptors (Lipinski definition) is 11. The molecule has 9 heterocycles. The molecule has 6 aromatic carbocycles. The monoisotopic (exact) mass is 1410 g/mol. The Morgan fingerprint density at radius 3 is 1.43 bits per heavy atom. The molecule has 101 heavy (non-hydrogen) atoms. The zero-order valence-electron chi connectivity index (χ0n) is 59.4. The minimum absolute atomic E-state index is 0.102. The summed E-state index contributed by atoms with van der Waals surface area (Å²) in [6, 6.07) is 45.1. The number of rotatable bonds is 26. The minimum atomic E-state index is -0.859. The smallest absolute Gasteiger partial charge is 0.165 e. The van der Waals surface area contributed by atoms with E-state index in [1.807, 2.05) is 116 Å². The molecule has 9 aromatic rings. The molecule has 0 aliphatic carbocycles. The predicted octanol–water partition coefficient (Wildman–Crippen LogP) is 18.4. The van der Waals surface area contributed by atoms with Gasteiger partial charge in [-0.3, -0.25) is 29.1 Å². The third kappa shape index (κ3) is 16.5. The van der Waals surface area contributed by atoms with Crippen molar-refractivity contribution in [3.63, 3.8) is 0 Å². The fraction of sp³-hybridized carbons (Fsp3) is 0.464. The molecule has 15 rings (SSSR count). The quantitative estimate of drug-likeness (QED) is 0.0520. The normalized spacial score (nSPS) is 23.2. The molecule has 6 aliphatic rings. The number of aromatic nitrogens is 3. The van der Waals surface area contributed by atoms with Gasteiger partial charge >= 0.3 is 0 Å². The zero-order chi connectivity index (χ0) is 70.3. The molecule has 17 heteroatoms. The Morgan fingerprint density at radius 2 is 0.921 bits per heavy atom. The van der Waals surface area contributed by atoms with E-state index in [2.05, 4.69) is 53.7 Å². The molecule has 1 N–H and O–H groups in total. The van der Waals surface area contributed by atoms with Crippen molar-refractivity contribution >= 4 is 73.3 Å². The Morgan fingerprint density at radius 1 is 0.485 bits per heavy atom. The van der Waals surface area contributed by atoms with Gasteiger partial charge in [-0.25, -0.2) is 4.39 Å². The van der Waals surface area contributed by atoms with Gasteiger partial charge in [0.15, 0.2) is 17.3 Å². The molecule has 6 saturated heterocycles. The standard InChI is InChI=1S/C30H37ClN2O3.C27H31ClN2O3.C27H31FN2O2/c1-3-4-6-30(34)28-20-32(29-14-13-25(35-2)19-27(28)29)15-5-16-33-22-9-10-23(33)18-26(17-22)36-24-11-7-21(31)8-12-24;1-18(31)26-17-29(27-16-23(32-2)10-11-25(26)27)12-3-13-30-20-6-7-21(30)15-24(14-20)33-22-8-4-19(28)5-9-22;1-2-26(31)24-18-29(25-7-4-3-6-23(24)25)14-5-15-30-21-12-13-22(30)17-27(32,16-21)19-8-10-20(28)11-9-19/h7-8,11-14,19-20,22-23,26H,3-6,9-10,15-18H2,1-2H3;4-5,8-11,16-17,20-21,24H,3,6-7,12-15H2,1-2H3;3-4,6-11,18,21-22,32H,2,5,12-17H2,1H3. The van der Waals surface area contributed by atoms with E-state index in [9.17, 15) is 23.9 Å². The third-order valence-electron chi connectivity index (χ3n) is 22.7. The number of benzene rings is 6. The van der Waals surface area contributed by atoms with Gasteiger partial charge in [-0.2, -0.15) is 0 Å². The van der Waals surface area contributed by atoms with Gasteiger partial charge in [0, 0.05) is 167 Å². The molecule has 0 radical (unpaired) electrons. The molecule has 0 spiro atoms. The lowest BCUT2D eigenvalue weighted by atomic mass is 9.80. The molecule has 0 saturated carbocycles. The van der Waals surface area contributed by atoms with Crippen LogP contribution in [0.15, 0.2) is 152 Å². The summed E-state index contributed by atoms with van der Waals surface area (Å²) in [5.74, 6) is 3.70. The first-order valence-electron chi connectivity index (χ1n) is 37.1. The van der Waals surface area contributed by atoms with Crippen LogP contribution in [0.5, 0.6) is 23.0 Å². The summed E-state index contributed by atoms with van der Waals surface area (Å²) in [7, 11) is 3.35. The van der Waals surface area contributed by atoms with Crippen LogP contribution in [0.3, 0.4) is 0 Å². The van der Waals surface area contributed by atoms with Crippen molar-refractivity contribution in [1.82, 2.24) is 28.4 Å². The summed E-state index contributed by atoms with van der Waals surface area (Å²) < 4.78 is 43.5. The number of methoxy groups -OCH3 is 2. The van der Waals surface area contributed by atoms with Gasteiger partial charge < -0.3 is 37.8 Å². The second-order valence-corrected chi connectivity index (χ2v) is 29.9. The van der Waals surface area contributed by atoms with Crippen LogP contribution in [0, 0.1) is 5.82 Å². The number of hydrogen-bond donors (Lipinski definition) is 1. The number of piperidine rings is 3. The first kappa shape index (κ1) is 71.9. The molecule has 6 fully saturated rings. The summed E-state index contributed by atoms with van der Waals surface area (Å²) in [6.45, 7) is 11.5. The SMILES string of the molecule is CCC(=O)c1cn(CCCN2C3CCC2CC(O)(c2ccc(F)cc2)C3)c2ccccc12.CCCCC(=O)c1cn(CCCN2C3CCC2CC(Oc2ccc(Cl)cc2)C3)c2ccc(OC)cc12.COc1ccc2c(C(C)=O)cn(CCCN3C4CCC3CC(Oc3ccc(Cl)cc3)C4)c2c1. The van der Waals surface area contributed by atoms with Crippen molar-refractivity contribution in [3.8, 4) is 23.0 Å². The van der Waals surface area contributed by atoms with E-state index >= 15 is 0 Å². The number of unbranched alkanes of at least 4 members (excludes halogenated alkanes) is 1. The van der Waals surface area contributed by atoms with Gasteiger partial charge in [0.1, 0.15) is 41.0 Å². The summed E-state index contributed by atoms with van der Waals surface area (Å²) in [5.41, 5.74) is 5.73. The summed E-state index contributed by atoms with van der Waals surface area (Å²) in [6.07, 6.45) is 25.8. The van der Waals surface area contributed by atoms with E-state index in [4.69, 9.17) is 42.1 Å². The van der Waals surface area contributed by atoms with Crippen LogP contribution < -0.4 is 18.9 Å². The maximum absolute atomic E-state index is 13.3. The molecule has 6 aliphatic heterocycles. The van der Waals surface area contributed by atoms with Gasteiger partial charge in [-0.05, 0) is 212 Å². The summed E-state index contributed by atoms with van der Waals surface area (Å²) in [5, 5.41) is 15.9. The molecule has 3 aromatic heterocycles.